The van der Waals surface area contributed by atoms with Gasteiger partial charge in [0, 0.05) is 44.8 Å². The maximum atomic E-state index is 13.2. The third-order valence-corrected chi connectivity index (χ3v) is 7.11. The fourth-order valence-electron chi connectivity index (χ4n) is 3.21. The smallest absolute Gasteiger partial charge is 0.219 e. The molecule has 0 bridgehead atoms. The first kappa shape index (κ1) is 17.9. The summed E-state index contributed by atoms with van der Waals surface area (Å²) in [5, 5.41) is 5.10. The van der Waals surface area contributed by atoms with Gasteiger partial charge in [-0.05, 0) is 31.2 Å². The molecule has 3 heterocycles. The molecule has 3 aromatic rings. The van der Waals surface area contributed by atoms with E-state index in [4.69, 9.17) is 0 Å². The number of pyridine rings is 1. The van der Waals surface area contributed by atoms with E-state index in [0.29, 0.717) is 18.9 Å². The van der Waals surface area contributed by atoms with Crippen LogP contribution in [0.4, 0.5) is 10.2 Å². The first-order chi connectivity index (χ1) is 12.8. The van der Waals surface area contributed by atoms with Gasteiger partial charge in [0.05, 0.1) is 16.9 Å². The van der Waals surface area contributed by atoms with E-state index in [1.165, 1.54) is 16.4 Å². The average Bonchev–Trinajstić information content (AvgIpc) is 2.90. The molecule has 27 heavy (non-hydrogen) atoms. The lowest BCUT2D eigenvalue weighted by atomic mass is 10.2. The van der Waals surface area contributed by atoms with Crippen LogP contribution in [0.5, 0.6) is 0 Å². The summed E-state index contributed by atoms with van der Waals surface area (Å²) in [6.07, 6.45) is 1.75. The van der Waals surface area contributed by atoms with Crippen molar-refractivity contribution in [1.82, 2.24) is 19.1 Å². The van der Waals surface area contributed by atoms with Crippen molar-refractivity contribution >= 4 is 26.7 Å². The first-order valence-electron chi connectivity index (χ1n) is 8.55. The lowest BCUT2D eigenvalue weighted by molar-refractivity contribution is 0.479. The predicted octanol–water partition coefficient (Wildman–Crippen LogP) is 1.95. The zero-order valence-corrected chi connectivity index (χ0v) is 16.1. The van der Waals surface area contributed by atoms with Crippen LogP contribution in [-0.2, 0) is 10.0 Å². The number of benzene rings is 1. The number of aryl methyl sites for hydroxylation is 1. The highest BCUT2D eigenvalue weighted by Gasteiger charge is 2.39. The van der Waals surface area contributed by atoms with Crippen molar-refractivity contribution in [2.24, 2.45) is 0 Å². The van der Waals surface area contributed by atoms with Crippen LogP contribution in [-0.4, -0.2) is 59.9 Å². The molecule has 0 unspecified atom stereocenters. The van der Waals surface area contributed by atoms with Gasteiger partial charge in [-0.3, -0.25) is 0 Å². The van der Waals surface area contributed by atoms with Crippen LogP contribution in [0.2, 0.25) is 0 Å². The van der Waals surface area contributed by atoms with Gasteiger partial charge in [0.15, 0.2) is 0 Å². The Morgan fingerprint density at radius 2 is 1.85 bits per heavy atom. The van der Waals surface area contributed by atoms with Gasteiger partial charge in [-0.25, -0.2) is 26.8 Å². The van der Waals surface area contributed by atoms with Crippen LogP contribution in [0, 0.1) is 12.7 Å². The summed E-state index contributed by atoms with van der Waals surface area (Å²) in [5.41, 5.74) is 2.45. The second-order valence-corrected chi connectivity index (χ2v) is 9.31. The monoisotopic (exact) mass is 389 g/mol. The molecule has 4 rings (SSSR count). The average molecular weight is 389 g/mol. The molecule has 0 atom stereocenters. The van der Waals surface area contributed by atoms with E-state index >= 15 is 0 Å². The van der Waals surface area contributed by atoms with E-state index in [1.807, 2.05) is 17.9 Å². The number of rotatable bonds is 4. The molecule has 1 saturated heterocycles. The number of hydrogen-bond donors (Lipinski definition) is 0. The van der Waals surface area contributed by atoms with Gasteiger partial charge in [0.25, 0.3) is 0 Å². The van der Waals surface area contributed by atoms with Gasteiger partial charge in [0.2, 0.25) is 10.0 Å². The molecular formula is C18H20FN5O2S. The molecule has 9 heteroatoms. The van der Waals surface area contributed by atoms with Crippen LogP contribution in [0.25, 0.3) is 16.6 Å². The molecule has 0 radical (unpaired) electrons. The van der Waals surface area contributed by atoms with E-state index in [1.54, 1.807) is 37.1 Å². The number of halogens is 1. The van der Waals surface area contributed by atoms with Crippen LogP contribution in [0.1, 0.15) is 5.69 Å². The Labute approximate surface area is 157 Å². The lowest BCUT2D eigenvalue weighted by Gasteiger charge is -2.40. The minimum Gasteiger partial charge on any atom is -0.354 e. The normalized spacial score (nSPS) is 15.5. The summed E-state index contributed by atoms with van der Waals surface area (Å²) in [5.74, 6) is 0.411. The second kappa shape index (κ2) is 6.28. The molecule has 7 nitrogen and oxygen atoms in total. The van der Waals surface area contributed by atoms with E-state index in [0.717, 1.165) is 22.3 Å². The molecule has 1 aromatic carbocycles. The quantitative estimate of drug-likeness (QED) is 0.682. The number of hydrogen-bond acceptors (Lipinski definition) is 5. The lowest BCUT2D eigenvalue weighted by Crippen LogP contribution is -2.57. The maximum absolute atomic E-state index is 13.2. The third kappa shape index (κ3) is 2.96. The van der Waals surface area contributed by atoms with E-state index < -0.39 is 15.3 Å². The molecule has 0 aliphatic carbocycles. The van der Waals surface area contributed by atoms with Crippen LogP contribution in [0.15, 0.2) is 36.5 Å². The maximum Gasteiger partial charge on any atom is 0.219 e. The Morgan fingerprint density at radius 1 is 1.19 bits per heavy atom. The molecule has 0 N–H and O–H groups in total. The molecule has 1 aliphatic rings. The zero-order valence-electron chi connectivity index (χ0n) is 15.3. The highest BCUT2D eigenvalue weighted by atomic mass is 32.2. The third-order valence-electron chi connectivity index (χ3n) is 4.96. The topological polar surface area (TPSA) is 71.3 Å². The molecule has 1 fully saturated rings. The van der Waals surface area contributed by atoms with Crippen LogP contribution < -0.4 is 4.90 Å². The van der Waals surface area contributed by atoms with Gasteiger partial charge >= 0.3 is 0 Å². The standard InChI is InChI=1S/C18H20FN5O2S/c1-12-16-9-20-18(23-10-15(11-23)27(25,26)22(2)3)8-17(16)21-24(12)14-6-4-13(19)5-7-14/h4-9,15H,10-11H2,1-3H3. The summed E-state index contributed by atoms with van der Waals surface area (Å²) in [7, 11) is -0.155. The first-order valence-corrected chi connectivity index (χ1v) is 10.1. The fraction of sp³-hybridized carbons (Fsp3) is 0.333. The van der Waals surface area contributed by atoms with Gasteiger partial charge in [-0.15, -0.1) is 0 Å². The van der Waals surface area contributed by atoms with E-state index in [-0.39, 0.29) is 5.82 Å². The summed E-state index contributed by atoms with van der Waals surface area (Å²) < 4.78 is 40.5. The molecule has 142 valence electrons. The van der Waals surface area contributed by atoms with E-state index in [2.05, 4.69) is 10.1 Å². The van der Waals surface area contributed by atoms with E-state index in [9.17, 15) is 12.8 Å². The zero-order chi connectivity index (χ0) is 19.3. The van der Waals surface area contributed by atoms with Crippen molar-refractivity contribution in [3.05, 3.63) is 48.0 Å². The molecule has 0 saturated carbocycles. The summed E-state index contributed by atoms with van der Waals surface area (Å²) in [6, 6.07) is 8.01. The Morgan fingerprint density at radius 3 is 2.48 bits per heavy atom. The predicted molar refractivity (Wildman–Crippen MR) is 102 cm³/mol. The minimum atomic E-state index is -3.25. The molecule has 2 aromatic heterocycles. The number of sulfonamides is 1. The highest BCUT2D eigenvalue weighted by molar-refractivity contribution is 7.89. The van der Waals surface area contributed by atoms with Crippen molar-refractivity contribution in [1.29, 1.82) is 0 Å². The molecule has 0 amide bonds. The second-order valence-electron chi connectivity index (χ2n) is 6.89. The molecule has 0 spiro atoms. The fourth-order valence-corrected chi connectivity index (χ4v) is 4.54. The summed E-state index contributed by atoms with van der Waals surface area (Å²) in [6.45, 7) is 2.76. The Balaban J connectivity index is 1.62. The summed E-state index contributed by atoms with van der Waals surface area (Å²) in [4.78, 5) is 6.40. The number of anilines is 1. The van der Waals surface area contributed by atoms with Crippen molar-refractivity contribution in [2.45, 2.75) is 12.2 Å². The van der Waals surface area contributed by atoms with Crippen LogP contribution in [0.3, 0.4) is 0 Å². The Kier molecular flexibility index (Phi) is 4.15. The van der Waals surface area contributed by atoms with Crippen molar-refractivity contribution < 1.29 is 12.8 Å². The summed E-state index contributed by atoms with van der Waals surface area (Å²) >= 11 is 0. The van der Waals surface area contributed by atoms with Crippen molar-refractivity contribution in [3.8, 4) is 5.69 Å². The van der Waals surface area contributed by atoms with Gasteiger partial charge in [-0.2, -0.15) is 5.10 Å². The molecule has 1 aliphatic heterocycles. The van der Waals surface area contributed by atoms with Gasteiger partial charge in [-0.1, -0.05) is 0 Å². The highest BCUT2D eigenvalue weighted by Crippen LogP contribution is 2.28. The van der Waals surface area contributed by atoms with Crippen LogP contribution >= 0.6 is 0 Å². The number of aromatic nitrogens is 3. The Bertz CT molecular complexity index is 1100. The number of nitrogens with zero attached hydrogens (tertiary/aromatic N) is 5. The van der Waals surface area contributed by atoms with Gasteiger partial charge < -0.3 is 4.90 Å². The van der Waals surface area contributed by atoms with Crippen molar-refractivity contribution in [2.75, 3.05) is 32.1 Å². The minimum absolute atomic E-state index is 0.294. The SMILES string of the molecule is Cc1c2cnc(N3CC(S(=O)(=O)N(C)C)C3)cc2nn1-c1ccc(F)cc1. The molecular weight excluding hydrogens is 369 g/mol. The largest absolute Gasteiger partial charge is 0.354 e. The number of fused-ring (bicyclic) bond motifs is 1. The van der Waals surface area contributed by atoms with Gasteiger partial charge in [0.1, 0.15) is 16.9 Å². The van der Waals surface area contributed by atoms with Crippen molar-refractivity contribution in [3.63, 3.8) is 0 Å². The Hall–Kier alpha value is -2.52.